The molecule has 3 fully saturated rings. The van der Waals surface area contributed by atoms with Crippen molar-refractivity contribution in [1.82, 2.24) is 10.2 Å². The van der Waals surface area contributed by atoms with Crippen LogP contribution in [-0.4, -0.2) is 47.6 Å². The summed E-state index contributed by atoms with van der Waals surface area (Å²) in [5.41, 5.74) is -0.948. The van der Waals surface area contributed by atoms with Crippen LogP contribution in [0.5, 0.6) is 0 Å². The number of amides is 2. The fourth-order valence-electron chi connectivity index (χ4n) is 3.53. The summed E-state index contributed by atoms with van der Waals surface area (Å²) in [7, 11) is 0. The highest BCUT2D eigenvalue weighted by atomic mass is 16.5. The Morgan fingerprint density at radius 1 is 1.35 bits per heavy atom. The Kier molecular flexibility index (Phi) is 3.27. The van der Waals surface area contributed by atoms with Gasteiger partial charge in [-0.1, -0.05) is 0 Å². The fraction of sp³-hybridized carbons (Fsp3) is 0.867. The molecule has 3 aliphatic rings. The topological polar surface area (TPSA) is 58.6 Å². The predicted molar refractivity (Wildman–Crippen MR) is 74.1 cm³/mol. The van der Waals surface area contributed by atoms with Crippen molar-refractivity contribution < 1.29 is 14.3 Å². The maximum Gasteiger partial charge on any atom is 0.248 e. The van der Waals surface area contributed by atoms with E-state index in [1.54, 1.807) is 0 Å². The van der Waals surface area contributed by atoms with Crippen molar-refractivity contribution in [3.8, 4) is 0 Å². The van der Waals surface area contributed by atoms with Gasteiger partial charge in [-0.3, -0.25) is 9.59 Å². The van der Waals surface area contributed by atoms with Crippen molar-refractivity contribution in [3.63, 3.8) is 0 Å². The molecule has 20 heavy (non-hydrogen) atoms. The van der Waals surface area contributed by atoms with Crippen LogP contribution in [0.25, 0.3) is 0 Å². The maximum absolute atomic E-state index is 12.9. The van der Waals surface area contributed by atoms with E-state index in [0.717, 1.165) is 32.3 Å². The zero-order valence-corrected chi connectivity index (χ0v) is 12.4. The van der Waals surface area contributed by atoms with Crippen LogP contribution in [-0.2, 0) is 14.3 Å². The second-order valence-corrected chi connectivity index (χ2v) is 6.90. The Balaban J connectivity index is 1.79. The van der Waals surface area contributed by atoms with Gasteiger partial charge in [0.25, 0.3) is 0 Å². The Bertz CT molecular complexity index is 427. The van der Waals surface area contributed by atoms with Crippen molar-refractivity contribution in [2.24, 2.45) is 5.92 Å². The van der Waals surface area contributed by atoms with Gasteiger partial charge < -0.3 is 15.0 Å². The van der Waals surface area contributed by atoms with E-state index in [1.807, 2.05) is 11.8 Å². The summed E-state index contributed by atoms with van der Waals surface area (Å²) >= 11 is 0. The van der Waals surface area contributed by atoms with Gasteiger partial charge in [0.2, 0.25) is 11.8 Å². The molecule has 0 radical (unpaired) electrons. The Hall–Kier alpha value is -1.10. The van der Waals surface area contributed by atoms with E-state index in [2.05, 4.69) is 12.2 Å². The lowest BCUT2D eigenvalue weighted by molar-refractivity contribution is -0.142. The molecule has 2 amide bonds. The zero-order chi connectivity index (χ0) is 14.4. The normalized spacial score (nSPS) is 38.8. The lowest BCUT2D eigenvalue weighted by atomic mass is 9.93. The molecule has 2 heterocycles. The standard InChI is InChI=1S/C15H24N2O3/c1-14(7-3-9-20-14)10-17-8-6-12(18)16-15(2,13(17)19)11-4-5-11/h11H,3-10H2,1-2H3,(H,16,18). The number of hydrogen-bond acceptors (Lipinski definition) is 3. The van der Waals surface area contributed by atoms with Crippen LogP contribution in [0.15, 0.2) is 0 Å². The van der Waals surface area contributed by atoms with E-state index in [-0.39, 0.29) is 17.4 Å². The minimum absolute atomic E-state index is 0.00672. The Morgan fingerprint density at radius 3 is 2.70 bits per heavy atom. The number of hydrogen-bond donors (Lipinski definition) is 1. The molecule has 0 spiro atoms. The zero-order valence-electron chi connectivity index (χ0n) is 12.4. The van der Waals surface area contributed by atoms with E-state index in [0.29, 0.717) is 25.4 Å². The van der Waals surface area contributed by atoms with E-state index in [1.165, 1.54) is 0 Å². The van der Waals surface area contributed by atoms with Gasteiger partial charge in [-0.05, 0) is 45.4 Å². The Morgan fingerprint density at radius 2 is 2.10 bits per heavy atom. The molecule has 2 unspecified atom stereocenters. The summed E-state index contributed by atoms with van der Waals surface area (Å²) in [4.78, 5) is 26.6. The van der Waals surface area contributed by atoms with Gasteiger partial charge in [-0.2, -0.15) is 0 Å². The number of nitrogens with one attached hydrogen (secondary N) is 1. The molecule has 1 aliphatic carbocycles. The summed E-state index contributed by atoms with van der Waals surface area (Å²) < 4.78 is 5.80. The number of carbonyl (C=O) groups is 2. The van der Waals surface area contributed by atoms with Gasteiger partial charge in [-0.25, -0.2) is 0 Å². The van der Waals surface area contributed by atoms with Crippen molar-refractivity contribution in [1.29, 1.82) is 0 Å². The third-order valence-corrected chi connectivity index (χ3v) is 4.96. The highest BCUT2D eigenvalue weighted by Gasteiger charge is 2.51. The molecule has 1 N–H and O–H groups in total. The minimum atomic E-state index is -0.706. The summed E-state index contributed by atoms with van der Waals surface area (Å²) in [5, 5.41) is 2.96. The smallest absolute Gasteiger partial charge is 0.248 e. The molecule has 5 nitrogen and oxygen atoms in total. The molecule has 0 aromatic carbocycles. The highest BCUT2D eigenvalue weighted by Crippen LogP contribution is 2.41. The number of ether oxygens (including phenoxy) is 1. The van der Waals surface area contributed by atoms with Gasteiger partial charge in [0.05, 0.1) is 5.60 Å². The largest absolute Gasteiger partial charge is 0.373 e. The second kappa shape index (κ2) is 4.72. The van der Waals surface area contributed by atoms with Crippen molar-refractivity contribution in [2.75, 3.05) is 19.7 Å². The van der Waals surface area contributed by atoms with E-state index in [9.17, 15) is 9.59 Å². The number of rotatable bonds is 3. The summed E-state index contributed by atoms with van der Waals surface area (Å²) in [6.45, 7) is 5.84. The Labute approximate surface area is 120 Å². The van der Waals surface area contributed by atoms with Crippen molar-refractivity contribution in [2.45, 2.75) is 57.1 Å². The van der Waals surface area contributed by atoms with Crippen LogP contribution in [0, 0.1) is 5.92 Å². The lowest BCUT2D eigenvalue weighted by Crippen LogP contribution is -2.58. The molecule has 0 aromatic heterocycles. The fourth-order valence-corrected chi connectivity index (χ4v) is 3.53. The molecule has 1 saturated carbocycles. The van der Waals surface area contributed by atoms with Gasteiger partial charge in [0.1, 0.15) is 5.54 Å². The SMILES string of the molecule is CC1(CN2CCC(=O)NC(C)(C3CC3)C2=O)CCCO1. The van der Waals surface area contributed by atoms with E-state index in [4.69, 9.17) is 4.74 Å². The average Bonchev–Trinajstić information content (AvgIpc) is 3.18. The molecular formula is C15H24N2O3. The second-order valence-electron chi connectivity index (χ2n) is 6.90. The predicted octanol–water partition coefficient (Wildman–Crippen LogP) is 1.07. The van der Waals surface area contributed by atoms with Crippen molar-refractivity contribution >= 4 is 11.8 Å². The number of nitrogens with zero attached hydrogens (tertiary/aromatic N) is 1. The molecule has 0 aromatic rings. The third kappa shape index (κ3) is 2.43. The van der Waals surface area contributed by atoms with Crippen LogP contribution in [0.2, 0.25) is 0 Å². The van der Waals surface area contributed by atoms with E-state index >= 15 is 0 Å². The van der Waals surface area contributed by atoms with Gasteiger partial charge in [-0.15, -0.1) is 0 Å². The molecular weight excluding hydrogens is 256 g/mol. The minimum Gasteiger partial charge on any atom is -0.373 e. The number of carbonyl (C=O) groups excluding carboxylic acids is 2. The lowest BCUT2D eigenvalue weighted by Gasteiger charge is -2.36. The van der Waals surface area contributed by atoms with Gasteiger partial charge in [0, 0.05) is 26.1 Å². The van der Waals surface area contributed by atoms with Gasteiger partial charge in [0.15, 0.2) is 0 Å². The third-order valence-electron chi connectivity index (χ3n) is 4.96. The van der Waals surface area contributed by atoms with E-state index < -0.39 is 5.54 Å². The van der Waals surface area contributed by atoms with Crippen LogP contribution in [0.3, 0.4) is 0 Å². The van der Waals surface area contributed by atoms with Crippen LogP contribution in [0.1, 0.15) is 46.0 Å². The monoisotopic (exact) mass is 280 g/mol. The van der Waals surface area contributed by atoms with Gasteiger partial charge >= 0.3 is 0 Å². The molecule has 2 atom stereocenters. The molecule has 3 rings (SSSR count). The van der Waals surface area contributed by atoms with Crippen LogP contribution < -0.4 is 5.32 Å². The summed E-state index contributed by atoms with van der Waals surface area (Å²) in [6.07, 6.45) is 4.49. The molecule has 2 saturated heterocycles. The molecule has 0 bridgehead atoms. The first kappa shape index (κ1) is 13.9. The maximum atomic E-state index is 12.9. The van der Waals surface area contributed by atoms with Crippen LogP contribution in [0.4, 0.5) is 0 Å². The first-order chi connectivity index (χ1) is 9.43. The first-order valence-electron chi connectivity index (χ1n) is 7.67. The van der Waals surface area contributed by atoms with Crippen LogP contribution >= 0.6 is 0 Å². The summed E-state index contributed by atoms with van der Waals surface area (Å²) in [5.74, 6) is 0.368. The summed E-state index contributed by atoms with van der Waals surface area (Å²) in [6, 6.07) is 0. The quantitative estimate of drug-likeness (QED) is 0.841. The first-order valence-corrected chi connectivity index (χ1v) is 7.67. The molecule has 2 aliphatic heterocycles. The average molecular weight is 280 g/mol. The highest BCUT2D eigenvalue weighted by molar-refractivity contribution is 5.93. The molecule has 5 heteroatoms. The van der Waals surface area contributed by atoms with Crippen molar-refractivity contribution in [3.05, 3.63) is 0 Å². The molecule has 112 valence electrons.